The highest BCUT2D eigenvalue weighted by atomic mass is 16.6. The van der Waals surface area contributed by atoms with Crippen molar-refractivity contribution in [3.8, 4) is 0 Å². The molecule has 0 aromatic rings. The van der Waals surface area contributed by atoms with Crippen LogP contribution in [0.4, 0.5) is 0 Å². The van der Waals surface area contributed by atoms with E-state index in [1.54, 1.807) is 0 Å². The van der Waals surface area contributed by atoms with Gasteiger partial charge >= 0.3 is 5.97 Å². The summed E-state index contributed by atoms with van der Waals surface area (Å²) in [6, 6.07) is 0. The number of carbonyl (C=O) groups is 1. The third-order valence-corrected chi connectivity index (χ3v) is 1.81. The third kappa shape index (κ3) is 1.59. The molecule has 0 amide bonds. The van der Waals surface area contributed by atoms with Gasteiger partial charge < -0.3 is 15.6 Å². The molecule has 1 aliphatic carbocycles. The second kappa shape index (κ2) is 2.44. The number of esters is 1. The number of carbonyl (C=O) groups excluding carboxylic acids is 1. The Morgan fingerprint density at radius 2 is 1.83 bits per heavy atom. The summed E-state index contributed by atoms with van der Waals surface area (Å²) in [5.41, 5.74) is -0.355. The molecule has 0 radical (unpaired) electrons. The number of fused-ring (bicyclic) bond motifs is 1. The zero-order valence-corrected chi connectivity index (χ0v) is 7.66. The lowest BCUT2D eigenvalue weighted by atomic mass is 10.2. The molecule has 2 unspecified atom stereocenters. The van der Waals surface area contributed by atoms with Crippen LogP contribution < -0.4 is 6.15 Å². The van der Waals surface area contributed by atoms with Gasteiger partial charge in [-0.25, -0.2) is 0 Å². The maximum atomic E-state index is 11.2. The maximum Gasteiger partial charge on any atom is 0.314 e. The Morgan fingerprint density at radius 3 is 2.08 bits per heavy atom. The van der Waals surface area contributed by atoms with E-state index in [-0.39, 0.29) is 35.8 Å². The first-order valence-electron chi connectivity index (χ1n) is 3.87. The van der Waals surface area contributed by atoms with Gasteiger partial charge in [-0.2, -0.15) is 0 Å². The van der Waals surface area contributed by atoms with Crippen molar-refractivity contribution in [2.75, 3.05) is 0 Å². The third-order valence-electron chi connectivity index (χ3n) is 1.81. The Kier molecular flexibility index (Phi) is 1.92. The first-order chi connectivity index (χ1) is 4.99. The summed E-state index contributed by atoms with van der Waals surface area (Å²) >= 11 is 0. The quantitative estimate of drug-likeness (QED) is 0.472. The molecule has 0 aromatic carbocycles. The fourth-order valence-corrected chi connectivity index (χ4v) is 1.11. The topological polar surface area (TPSA) is 73.8 Å². The van der Waals surface area contributed by atoms with Crippen LogP contribution in [0.3, 0.4) is 0 Å². The zero-order valence-electron chi connectivity index (χ0n) is 7.66. The van der Waals surface area contributed by atoms with E-state index in [1.807, 2.05) is 20.8 Å². The average molecular weight is 173 g/mol. The first kappa shape index (κ1) is 9.48. The summed E-state index contributed by atoms with van der Waals surface area (Å²) in [6.45, 7) is 5.62. The highest BCUT2D eigenvalue weighted by Gasteiger charge is 2.72. The molecule has 70 valence electrons. The van der Waals surface area contributed by atoms with Gasteiger partial charge in [0.15, 0.2) is 0 Å². The molecular formula is C8H15NO3. The van der Waals surface area contributed by atoms with Crippen LogP contribution in [-0.4, -0.2) is 23.8 Å². The lowest BCUT2D eigenvalue weighted by Gasteiger charge is -2.20. The SMILES string of the molecule is CC(C)(C)OC(=O)C1C2OC21.N. The van der Waals surface area contributed by atoms with Crippen molar-refractivity contribution >= 4 is 5.97 Å². The van der Waals surface area contributed by atoms with Gasteiger partial charge in [-0.05, 0) is 20.8 Å². The Balaban J connectivity index is 0.000000720. The molecule has 1 heterocycles. The summed E-state index contributed by atoms with van der Waals surface area (Å²) in [5.74, 6) is -0.0343. The summed E-state index contributed by atoms with van der Waals surface area (Å²) in [5, 5.41) is 0. The minimum absolute atomic E-state index is 0. The van der Waals surface area contributed by atoms with Gasteiger partial charge in [0.2, 0.25) is 0 Å². The number of hydrogen-bond donors (Lipinski definition) is 1. The highest BCUT2D eigenvalue weighted by molar-refractivity contribution is 5.80. The summed E-state index contributed by atoms with van der Waals surface area (Å²) in [7, 11) is 0. The zero-order chi connectivity index (χ0) is 8.22. The second-order valence-electron chi connectivity index (χ2n) is 4.12. The minimum atomic E-state index is -0.355. The van der Waals surface area contributed by atoms with Crippen molar-refractivity contribution in [1.82, 2.24) is 6.15 Å². The lowest BCUT2D eigenvalue weighted by Crippen LogP contribution is -2.27. The van der Waals surface area contributed by atoms with Crippen molar-refractivity contribution in [2.45, 2.75) is 38.6 Å². The Bertz CT molecular complexity index is 201. The van der Waals surface area contributed by atoms with Crippen LogP contribution in [0.2, 0.25) is 0 Å². The van der Waals surface area contributed by atoms with E-state index in [0.29, 0.717) is 0 Å². The molecule has 2 rings (SSSR count). The normalized spacial score (nSPS) is 36.1. The van der Waals surface area contributed by atoms with E-state index < -0.39 is 0 Å². The van der Waals surface area contributed by atoms with Crippen LogP contribution >= 0.6 is 0 Å². The molecule has 0 aromatic heterocycles. The molecule has 2 aliphatic rings. The van der Waals surface area contributed by atoms with Crippen molar-refractivity contribution < 1.29 is 14.3 Å². The Labute approximate surface area is 71.8 Å². The molecule has 12 heavy (non-hydrogen) atoms. The van der Waals surface area contributed by atoms with Crippen molar-refractivity contribution in [3.63, 3.8) is 0 Å². The van der Waals surface area contributed by atoms with Crippen LogP contribution in [0.25, 0.3) is 0 Å². The van der Waals surface area contributed by atoms with Crippen LogP contribution in [-0.2, 0) is 14.3 Å². The van der Waals surface area contributed by atoms with Crippen LogP contribution in [0.1, 0.15) is 20.8 Å². The molecule has 3 N–H and O–H groups in total. The Hall–Kier alpha value is -0.610. The number of ether oxygens (including phenoxy) is 2. The maximum absolute atomic E-state index is 11.2. The van der Waals surface area contributed by atoms with Crippen LogP contribution in [0.15, 0.2) is 0 Å². The second-order valence-corrected chi connectivity index (χ2v) is 4.12. The van der Waals surface area contributed by atoms with E-state index in [4.69, 9.17) is 9.47 Å². The van der Waals surface area contributed by atoms with Gasteiger partial charge in [-0.3, -0.25) is 4.79 Å². The van der Waals surface area contributed by atoms with Gasteiger partial charge in [-0.1, -0.05) is 0 Å². The molecular weight excluding hydrogens is 158 g/mol. The predicted octanol–water partition coefficient (Wildman–Crippen LogP) is 0.887. The van der Waals surface area contributed by atoms with E-state index in [1.165, 1.54) is 0 Å². The van der Waals surface area contributed by atoms with E-state index in [0.717, 1.165) is 0 Å². The van der Waals surface area contributed by atoms with Crippen LogP contribution in [0, 0.1) is 5.92 Å². The fourth-order valence-electron chi connectivity index (χ4n) is 1.11. The monoisotopic (exact) mass is 173 g/mol. The van der Waals surface area contributed by atoms with Crippen molar-refractivity contribution in [3.05, 3.63) is 0 Å². The van der Waals surface area contributed by atoms with Crippen LogP contribution in [0.5, 0.6) is 0 Å². The molecule has 4 heteroatoms. The molecule has 1 saturated carbocycles. The van der Waals surface area contributed by atoms with E-state index in [9.17, 15) is 4.79 Å². The largest absolute Gasteiger partial charge is 0.460 e. The minimum Gasteiger partial charge on any atom is -0.460 e. The summed E-state index contributed by atoms with van der Waals surface area (Å²) in [4.78, 5) is 11.2. The molecule has 4 nitrogen and oxygen atoms in total. The van der Waals surface area contributed by atoms with Gasteiger partial charge in [0.05, 0.1) is 0 Å². The van der Waals surface area contributed by atoms with Crippen molar-refractivity contribution in [1.29, 1.82) is 0 Å². The highest BCUT2D eigenvalue weighted by Crippen LogP contribution is 2.54. The van der Waals surface area contributed by atoms with E-state index >= 15 is 0 Å². The summed E-state index contributed by atoms with van der Waals surface area (Å²) < 4.78 is 10.1. The predicted molar refractivity (Wildman–Crippen MR) is 43.0 cm³/mol. The lowest BCUT2D eigenvalue weighted by molar-refractivity contribution is -0.160. The number of epoxide rings is 1. The Morgan fingerprint density at radius 1 is 1.33 bits per heavy atom. The summed E-state index contributed by atoms with van der Waals surface area (Å²) in [6.07, 6.45) is 0.426. The number of rotatable bonds is 1. The van der Waals surface area contributed by atoms with Crippen molar-refractivity contribution in [2.24, 2.45) is 5.92 Å². The molecule has 0 bridgehead atoms. The number of hydrogen-bond acceptors (Lipinski definition) is 4. The molecule has 1 aliphatic heterocycles. The average Bonchev–Trinajstić information content (AvgIpc) is 2.35. The molecule has 2 fully saturated rings. The van der Waals surface area contributed by atoms with Gasteiger partial charge in [-0.15, -0.1) is 0 Å². The molecule has 2 atom stereocenters. The molecule has 1 saturated heterocycles. The van der Waals surface area contributed by atoms with Gasteiger partial charge in [0.25, 0.3) is 0 Å². The smallest absolute Gasteiger partial charge is 0.314 e. The standard InChI is InChI=1S/C8H12O3.H3N/c1-8(2,3)11-7(9)4-5-6(4)10-5;/h4-6H,1-3H3;1H3. The fraction of sp³-hybridized carbons (Fsp3) is 0.875. The van der Waals surface area contributed by atoms with Gasteiger partial charge in [0.1, 0.15) is 23.7 Å². The van der Waals surface area contributed by atoms with Gasteiger partial charge in [0, 0.05) is 0 Å². The first-order valence-corrected chi connectivity index (χ1v) is 3.87. The molecule has 0 spiro atoms. The van der Waals surface area contributed by atoms with E-state index in [2.05, 4.69) is 0 Å².